The average Bonchev–Trinajstić information content (AvgIpc) is 3.23. The van der Waals surface area contributed by atoms with E-state index in [4.69, 9.17) is 17.9 Å². The summed E-state index contributed by atoms with van der Waals surface area (Å²) in [6, 6.07) is 0.613. The van der Waals surface area contributed by atoms with Crippen molar-refractivity contribution in [2.24, 2.45) is 0 Å². The van der Waals surface area contributed by atoms with E-state index in [9.17, 15) is 0 Å². The summed E-state index contributed by atoms with van der Waals surface area (Å²) in [5.41, 5.74) is 0. The SMILES string of the molecule is [C-]#[N+]C(=CC=C1SC2CCCCC2N1CC1CO1)[N+]#[C-]. The molecule has 0 spiro atoms. The highest BCUT2D eigenvalue weighted by Crippen LogP contribution is 2.46. The molecule has 3 atom stereocenters. The molecule has 0 aromatic heterocycles. The fraction of sp³-hybridized carbons (Fsp3) is 0.600. The fourth-order valence-corrected chi connectivity index (χ4v) is 4.48. The molecule has 104 valence electrons. The minimum Gasteiger partial charge on any atom is -0.371 e. The second-order valence-electron chi connectivity index (χ2n) is 5.37. The summed E-state index contributed by atoms with van der Waals surface area (Å²) in [4.78, 5) is 8.89. The molecule has 0 aromatic carbocycles. The van der Waals surface area contributed by atoms with Crippen LogP contribution < -0.4 is 0 Å². The molecular weight excluding hydrogens is 270 g/mol. The minimum absolute atomic E-state index is 0.135. The van der Waals surface area contributed by atoms with Gasteiger partial charge in [0.05, 0.1) is 17.7 Å². The molecule has 1 saturated carbocycles. The molecule has 0 bridgehead atoms. The number of ether oxygens (including phenoxy) is 1. The second kappa shape index (κ2) is 5.91. The van der Waals surface area contributed by atoms with Gasteiger partial charge in [-0.05, 0) is 18.9 Å². The van der Waals surface area contributed by atoms with Gasteiger partial charge in [-0.1, -0.05) is 12.8 Å². The molecule has 0 N–H and O–H groups in total. The molecule has 4 nitrogen and oxygen atoms in total. The Morgan fingerprint density at radius 3 is 2.80 bits per heavy atom. The standard InChI is InChI=1S/C15H17N3OS/c1-16-14(17-2)7-8-15-18(9-11-10-19-11)12-5-3-4-6-13(12)20-15/h7-8,11-13H,3-6,9-10H2. The predicted molar refractivity (Wildman–Crippen MR) is 79.5 cm³/mol. The molecule has 2 aliphatic heterocycles. The monoisotopic (exact) mass is 287 g/mol. The number of epoxide rings is 1. The van der Waals surface area contributed by atoms with E-state index in [1.165, 1.54) is 30.7 Å². The van der Waals surface area contributed by atoms with Gasteiger partial charge in [0.1, 0.15) is 13.1 Å². The van der Waals surface area contributed by atoms with Gasteiger partial charge in [0.15, 0.2) is 0 Å². The maximum absolute atomic E-state index is 6.94. The molecule has 5 heteroatoms. The van der Waals surface area contributed by atoms with Gasteiger partial charge in [-0.2, -0.15) is 9.69 Å². The molecule has 3 aliphatic rings. The van der Waals surface area contributed by atoms with E-state index in [1.807, 2.05) is 17.8 Å². The van der Waals surface area contributed by atoms with E-state index in [-0.39, 0.29) is 5.82 Å². The number of allylic oxidation sites excluding steroid dienone is 2. The lowest BCUT2D eigenvalue weighted by molar-refractivity contribution is 0.215. The van der Waals surface area contributed by atoms with E-state index in [2.05, 4.69) is 14.6 Å². The molecule has 0 amide bonds. The summed E-state index contributed by atoms with van der Waals surface area (Å²) in [5.74, 6) is 0.135. The Hall–Kier alpha value is -1.43. The highest BCUT2D eigenvalue weighted by Gasteiger charge is 2.41. The molecule has 2 saturated heterocycles. The molecule has 0 radical (unpaired) electrons. The third kappa shape index (κ3) is 2.85. The normalized spacial score (nSPS) is 33.2. The van der Waals surface area contributed by atoms with Gasteiger partial charge in [0.25, 0.3) is 0 Å². The van der Waals surface area contributed by atoms with Gasteiger partial charge in [-0.3, -0.25) is 0 Å². The fourth-order valence-electron chi connectivity index (χ4n) is 2.96. The third-order valence-electron chi connectivity index (χ3n) is 4.03. The van der Waals surface area contributed by atoms with Gasteiger partial charge in [0, 0.05) is 23.9 Å². The van der Waals surface area contributed by atoms with Crippen molar-refractivity contribution in [1.29, 1.82) is 0 Å². The van der Waals surface area contributed by atoms with Crippen molar-refractivity contribution in [2.75, 3.05) is 13.2 Å². The van der Waals surface area contributed by atoms with Crippen molar-refractivity contribution < 1.29 is 4.74 Å². The van der Waals surface area contributed by atoms with Crippen LogP contribution in [0.25, 0.3) is 9.69 Å². The van der Waals surface area contributed by atoms with Crippen LogP contribution in [0.15, 0.2) is 23.0 Å². The maximum Gasteiger partial charge on any atom is 0.519 e. The molecule has 2 heterocycles. The minimum atomic E-state index is 0.135. The van der Waals surface area contributed by atoms with Crippen LogP contribution in [0, 0.1) is 13.1 Å². The van der Waals surface area contributed by atoms with E-state index >= 15 is 0 Å². The molecular formula is C15H17N3OS. The van der Waals surface area contributed by atoms with E-state index in [1.54, 1.807) is 6.08 Å². The van der Waals surface area contributed by atoms with Crippen molar-refractivity contribution in [2.45, 2.75) is 43.1 Å². The summed E-state index contributed by atoms with van der Waals surface area (Å²) in [6.45, 7) is 15.7. The zero-order valence-electron chi connectivity index (χ0n) is 11.3. The van der Waals surface area contributed by atoms with Gasteiger partial charge in [0.2, 0.25) is 0 Å². The smallest absolute Gasteiger partial charge is 0.371 e. The summed E-state index contributed by atoms with van der Waals surface area (Å²) >= 11 is 1.92. The van der Waals surface area contributed by atoms with Crippen molar-refractivity contribution >= 4 is 11.8 Å². The zero-order valence-corrected chi connectivity index (χ0v) is 12.1. The number of fused-ring (bicyclic) bond motifs is 1. The zero-order chi connectivity index (χ0) is 13.9. The van der Waals surface area contributed by atoms with Gasteiger partial charge >= 0.3 is 5.82 Å². The van der Waals surface area contributed by atoms with Crippen LogP contribution in [0.2, 0.25) is 0 Å². The van der Waals surface area contributed by atoms with Crippen LogP contribution >= 0.6 is 11.8 Å². The molecule has 20 heavy (non-hydrogen) atoms. The topological polar surface area (TPSA) is 24.5 Å². The molecule has 3 fully saturated rings. The summed E-state index contributed by atoms with van der Waals surface area (Å²) in [7, 11) is 0. The highest BCUT2D eigenvalue weighted by atomic mass is 32.2. The number of nitrogens with zero attached hydrogens (tertiary/aromatic N) is 3. The first-order valence-corrected chi connectivity index (χ1v) is 7.91. The van der Waals surface area contributed by atoms with Crippen LogP contribution in [0.1, 0.15) is 25.7 Å². The van der Waals surface area contributed by atoms with Crippen LogP contribution in [-0.4, -0.2) is 35.4 Å². The first-order chi connectivity index (χ1) is 9.81. The van der Waals surface area contributed by atoms with E-state index in [0.29, 0.717) is 17.4 Å². The lowest BCUT2D eigenvalue weighted by atomic mass is 9.94. The first-order valence-electron chi connectivity index (χ1n) is 7.03. The highest BCUT2D eigenvalue weighted by molar-refractivity contribution is 8.03. The Balaban J connectivity index is 1.80. The van der Waals surface area contributed by atoms with Gasteiger partial charge in [-0.25, -0.2) is 0 Å². The Morgan fingerprint density at radius 2 is 2.10 bits per heavy atom. The van der Waals surface area contributed by atoms with Crippen molar-refractivity contribution in [3.05, 3.63) is 45.8 Å². The van der Waals surface area contributed by atoms with Crippen molar-refractivity contribution in [3.63, 3.8) is 0 Å². The van der Waals surface area contributed by atoms with Gasteiger partial charge in [-0.15, -0.1) is 11.8 Å². The number of rotatable bonds is 3. The maximum atomic E-state index is 6.94. The summed E-state index contributed by atoms with van der Waals surface area (Å²) in [5, 5.41) is 1.88. The largest absolute Gasteiger partial charge is 0.519 e. The van der Waals surface area contributed by atoms with E-state index in [0.717, 1.165) is 13.2 Å². The Kier molecular flexibility index (Phi) is 4.00. The number of hydrogen-bond acceptors (Lipinski definition) is 3. The van der Waals surface area contributed by atoms with Crippen LogP contribution in [0.4, 0.5) is 0 Å². The average molecular weight is 287 g/mol. The summed E-state index contributed by atoms with van der Waals surface area (Å²) < 4.78 is 5.38. The number of hydrogen-bond donors (Lipinski definition) is 0. The van der Waals surface area contributed by atoms with Crippen LogP contribution in [-0.2, 0) is 4.74 Å². The molecule has 3 unspecified atom stereocenters. The Bertz CT molecular complexity index is 508. The van der Waals surface area contributed by atoms with Gasteiger partial charge < -0.3 is 9.64 Å². The Labute approximate surface area is 124 Å². The lowest BCUT2D eigenvalue weighted by Gasteiger charge is -2.31. The first kappa shape index (κ1) is 13.5. The van der Waals surface area contributed by atoms with Crippen molar-refractivity contribution in [3.8, 4) is 0 Å². The van der Waals surface area contributed by atoms with Crippen LogP contribution in [0.3, 0.4) is 0 Å². The lowest BCUT2D eigenvalue weighted by Crippen LogP contribution is -2.38. The Morgan fingerprint density at radius 1 is 1.35 bits per heavy atom. The van der Waals surface area contributed by atoms with Crippen LogP contribution in [0.5, 0.6) is 0 Å². The molecule has 3 rings (SSSR count). The number of thioether (sulfide) groups is 1. The molecule has 0 aromatic rings. The predicted octanol–water partition coefficient (Wildman–Crippen LogP) is 3.27. The summed E-state index contributed by atoms with van der Waals surface area (Å²) in [6.07, 6.45) is 9.14. The quantitative estimate of drug-likeness (QED) is 0.588. The third-order valence-corrected chi connectivity index (χ3v) is 5.49. The molecule has 1 aliphatic carbocycles. The second-order valence-corrected chi connectivity index (χ2v) is 6.63. The van der Waals surface area contributed by atoms with E-state index < -0.39 is 0 Å². The van der Waals surface area contributed by atoms with Crippen molar-refractivity contribution in [1.82, 2.24) is 4.90 Å².